The van der Waals surface area contributed by atoms with Crippen molar-refractivity contribution in [3.63, 3.8) is 0 Å². The van der Waals surface area contributed by atoms with Crippen LogP contribution >= 0.6 is 0 Å². The van der Waals surface area contributed by atoms with Crippen LogP contribution in [0.3, 0.4) is 0 Å². The number of anilines is 2. The summed E-state index contributed by atoms with van der Waals surface area (Å²) in [5.74, 6) is -0.378. The van der Waals surface area contributed by atoms with Crippen molar-refractivity contribution in [2.24, 2.45) is 0 Å². The molecule has 1 amide bonds. The molecule has 0 aliphatic rings. The fourth-order valence-corrected chi connectivity index (χ4v) is 1.41. The number of phenolic OH excluding ortho intramolecular Hbond substituents is 1. The fraction of sp³-hybridized carbons (Fsp3) is 0. The summed E-state index contributed by atoms with van der Waals surface area (Å²) < 4.78 is 0. The number of nitrogens with two attached hydrogens (primary N) is 1. The maximum atomic E-state index is 11.8. The van der Waals surface area contributed by atoms with Gasteiger partial charge in [-0.3, -0.25) is 4.79 Å². The molecule has 0 atom stereocenters. The average Bonchev–Trinajstić information content (AvgIpc) is 2.34. The van der Waals surface area contributed by atoms with Gasteiger partial charge in [-0.2, -0.15) is 0 Å². The summed E-state index contributed by atoms with van der Waals surface area (Å²) in [6.07, 6.45) is 0. The van der Waals surface area contributed by atoms with Crippen molar-refractivity contribution in [1.29, 1.82) is 0 Å². The van der Waals surface area contributed by atoms with E-state index in [0.717, 1.165) is 0 Å². The maximum Gasteiger partial charge on any atom is 0.255 e. The summed E-state index contributed by atoms with van der Waals surface area (Å²) in [6.45, 7) is 0. The molecule has 0 radical (unpaired) electrons. The Morgan fingerprint density at radius 3 is 2.47 bits per heavy atom. The van der Waals surface area contributed by atoms with Crippen molar-refractivity contribution in [2.45, 2.75) is 0 Å². The molecule has 0 aromatic heterocycles. The molecule has 0 aliphatic heterocycles. The Balaban J connectivity index is 2.18. The van der Waals surface area contributed by atoms with Gasteiger partial charge < -0.3 is 16.2 Å². The number of aromatic hydroxyl groups is 1. The first kappa shape index (κ1) is 11.0. The fourth-order valence-electron chi connectivity index (χ4n) is 1.41. The number of hydrogen-bond acceptors (Lipinski definition) is 3. The van der Waals surface area contributed by atoms with E-state index in [9.17, 15) is 9.90 Å². The van der Waals surface area contributed by atoms with Gasteiger partial charge in [-0.15, -0.1) is 0 Å². The zero-order valence-electron chi connectivity index (χ0n) is 9.05. The first-order valence-electron chi connectivity index (χ1n) is 5.12. The topological polar surface area (TPSA) is 75.4 Å². The number of phenols is 1. The second-order valence-corrected chi connectivity index (χ2v) is 3.59. The monoisotopic (exact) mass is 228 g/mol. The lowest BCUT2D eigenvalue weighted by Gasteiger charge is -2.06. The summed E-state index contributed by atoms with van der Waals surface area (Å²) in [5.41, 5.74) is 6.78. The van der Waals surface area contributed by atoms with Crippen LogP contribution in [0.15, 0.2) is 48.5 Å². The van der Waals surface area contributed by atoms with Crippen molar-refractivity contribution >= 4 is 17.3 Å². The minimum Gasteiger partial charge on any atom is -0.506 e. The number of carbonyl (C=O) groups excluding carboxylic acids is 1. The van der Waals surface area contributed by atoms with Gasteiger partial charge in [0.25, 0.3) is 5.91 Å². The Morgan fingerprint density at radius 1 is 1.12 bits per heavy atom. The highest BCUT2D eigenvalue weighted by atomic mass is 16.3. The van der Waals surface area contributed by atoms with Crippen molar-refractivity contribution in [2.75, 3.05) is 11.1 Å². The average molecular weight is 228 g/mol. The second kappa shape index (κ2) is 4.57. The molecule has 17 heavy (non-hydrogen) atoms. The predicted octanol–water partition coefficient (Wildman–Crippen LogP) is 2.23. The van der Waals surface area contributed by atoms with Gasteiger partial charge in [0.15, 0.2) is 0 Å². The molecule has 2 aromatic carbocycles. The minimum atomic E-state index is -0.286. The molecular formula is C13H12N2O2. The highest BCUT2D eigenvalue weighted by Crippen LogP contribution is 2.21. The van der Waals surface area contributed by atoms with Crippen LogP contribution in [0, 0.1) is 0 Å². The van der Waals surface area contributed by atoms with Crippen LogP contribution in [0.4, 0.5) is 11.4 Å². The predicted molar refractivity (Wildman–Crippen MR) is 66.9 cm³/mol. The van der Waals surface area contributed by atoms with E-state index in [2.05, 4.69) is 5.32 Å². The molecule has 4 heteroatoms. The first-order chi connectivity index (χ1) is 8.16. The molecule has 0 unspecified atom stereocenters. The molecule has 86 valence electrons. The quantitative estimate of drug-likeness (QED) is 0.545. The lowest BCUT2D eigenvalue weighted by Crippen LogP contribution is -2.11. The molecule has 0 saturated heterocycles. The number of para-hydroxylation sites is 1. The SMILES string of the molecule is Nc1ccc(C(=O)Nc2ccccc2)cc1O. The van der Waals surface area contributed by atoms with Crippen molar-refractivity contribution in [3.8, 4) is 5.75 Å². The van der Waals surface area contributed by atoms with Gasteiger partial charge in [-0.25, -0.2) is 0 Å². The van der Waals surface area contributed by atoms with E-state index >= 15 is 0 Å². The molecule has 4 N–H and O–H groups in total. The highest BCUT2D eigenvalue weighted by molar-refractivity contribution is 6.04. The maximum absolute atomic E-state index is 11.8. The van der Waals surface area contributed by atoms with Crippen molar-refractivity contribution in [1.82, 2.24) is 0 Å². The van der Waals surface area contributed by atoms with E-state index in [1.54, 1.807) is 18.2 Å². The molecule has 0 heterocycles. The van der Waals surface area contributed by atoms with Crippen LogP contribution in [-0.2, 0) is 0 Å². The van der Waals surface area contributed by atoms with Crippen molar-refractivity contribution < 1.29 is 9.90 Å². The van der Waals surface area contributed by atoms with Crippen molar-refractivity contribution in [3.05, 3.63) is 54.1 Å². The van der Waals surface area contributed by atoms with Gasteiger partial charge in [0.2, 0.25) is 0 Å². The van der Waals surface area contributed by atoms with E-state index < -0.39 is 0 Å². The molecule has 0 bridgehead atoms. The van der Waals surface area contributed by atoms with Gasteiger partial charge in [-0.05, 0) is 30.3 Å². The van der Waals surface area contributed by atoms with E-state index in [-0.39, 0.29) is 17.3 Å². The van der Waals surface area contributed by atoms with E-state index in [0.29, 0.717) is 11.3 Å². The number of nitrogens with one attached hydrogen (secondary N) is 1. The van der Waals surface area contributed by atoms with Crippen LogP contribution in [-0.4, -0.2) is 11.0 Å². The van der Waals surface area contributed by atoms with Crippen LogP contribution < -0.4 is 11.1 Å². The number of nitrogen functional groups attached to an aromatic ring is 1. The molecular weight excluding hydrogens is 216 g/mol. The van der Waals surface area contributed by atoms with Crippen LogP contribution in [0.2, 0.25) is 0 Å². The lowest BCUT2D eigenvalue weighted by molar-refractivity contribution is 0.102. The number of rotatable bonds is 2. The Bertz CT molecular complexity index is 538. The molecule has 0 aliphatic carbocycles. The molecule has 0 saturated carbocycles. The second-order valence-electron chi connectivity index (χ2n) is 3.59. The van der Waals surface area contributed by atoms with Gasteiger partial charge >= 0.3 is 0 Å². The Hall–Kier alpha value is -2.49. The van der Waals surface area contributed by atoms with Gasteiger partial charge in [-0.1, -0.05) is 18.2 Å². The summed E-state index contributed by atoms with van der Waals surface area (Å²) in [4.78, 5) is 11.8. The Kier molecular flexibility index (Phi) is 2.96. The van der Waals surface area contributed by atoms with E-state index in [4.69, 9.17) is 5.73 Å². The smallest absolute Gasteiger partial charge is 0.255 e. The molecule has 4 nitrogen and oxygen atoms in total. The van der Waals surface area contributed by atoms with Crippen LogP contribution in [0.5, 0.6) is 5.75 Å². The number of amides is 1. The summed E-state index contributed by atoms with van der Waals surface area (Å²) in [6, 6.07) is 13.5. The molecule has 0 spiro atoms. The zero-order valence-corrected chi connectivity index (χ0v) is 9.05. The zero-order chi connectivity index (χ0) is 12.3. The van der Waals surface area contributed by atoms with E-state index in [1.165, 1.54) is 12.1 Å². The number of benzene rings is 2. The summed E-state index contributed by atoms with van der Waals surface area (Å²) >= 11 is 0. The highest BCUT2D eigenvalue weighted by Gasteiger charge is 2.07. The Morgan fingerprint density at radius 2 is 1.82 bits per heavy atom. The largest absolute Gasteiger partial charge is 0.506 e. The minimum absolute atomic E-state index is 0.0919. The normalized spacial score (nSPS) is 9.88. The van der Waals surface area contributed by atoms with Gasteiger partial charge in [0.1, 0.15) is 5.75 Å². The molecule has 2 rings (SSSR count). The number of carbonyl (C=O) groups is 1. The van der Waals surface area contributed by atoms with Crippen LogP contribution in [0.25, 0.3) is 0 Å². The summed E-state index contributed by atoms with van der Waals surface area (Å²) in [5, 5.41) is 12.1. The lowest BCUT2D eigenvalue weighted by atomic mass is 10.1. The van der Waals surface area contributed by atoms with Crippen LogP contribution in [0.1, 0.15) is 10.4 Å². The summed E-state index contributed by atoms with van der Waals surface area (Å²) in [7, 11) is 0. The third-order valence-corrected chi connectivity index (χ3v) is 2.32. The molecule has 0 fully saturated rings. The van der Waals surface area contributed by atoms with Gasteiger partial charge in [0, 0.05) is 11.3 Å². The first-order valence-corrected chi connectivity index (χ1v) is 5.12. The Labute approximate surface area is 98.7 Å². The standard InChI is InChI=1S/C13H12N2O2/c14-11-7-6-9(8-12(11)16)13(17)15-10-4-2-1-3-5-10/h1-8,16H,14H2,(H,15,17). The third-order valence-electron chi connectivity index (χ3n) is 2.32. The van der Waals surface area contributed by atoms with Gasteiger partial charge in [0.05, 0.1) is 5.69 Å². The van der Waals surface area contributed by atoms with E-state index in [1.807, 2.05) is 18.2 Å². The molecule has 2 aromatic rings. The third kappa shape index (κ3) is 2.55. The number of hydrogen-bond donors (Lipinski definition) is 3.